The minimum Gasteiger partial charge on any atom is -0.480 e. The maximum absolute atomic E-state index is 10.9. The predicted octanol–water partition coefficient (Wildman–Crippen LogP) is 5.04. The Bertz CT molecular complexity index is 634. The van der Waals surface area contributed by atoms with Crippen LogP contribution in [0.2, 0.25) is 0 Å². The summed E-state index contributed by atoms with van der Waals surface area (Å²) >= 11 is 10.1. The van der Waals surface area contributed by atoms with Crippen molar-refractivity contribution in [2.24, 2.45) is 0 Å². The fourth-order valence-corrected chi connectivity index (χ4v) is 10.6. The van der Waals surface area contributed by atoms with Crippen LogP contribution in [-0.2, 0) is 14.0 Å². The molecule has 0 amide bonds. The van der Waals surface area contributed by atoms with Gasteiger partial charge in [0.2, 0.25) is 10.2 Å². The second-order valence-electron chi connectivity index (χ2n) is 4.62. The van der Waals surface area contributed by atoms with Gasteiger partial charge < -0.3 is 19.3 Å². The fourth-order valence-electron chi connectivity index (χ4n) is 1.81. The van der Waals surface area contributed by atoms with Gasteiger partial charge in [0.05, 0.1) is 23.1 Å². The van der Waals surface area contributed by atoms with Crippen LogP contribution >= 0.6 is 78.2 Å². The molecule has 0 saturated carbocycles. The minimum atomic E-state index is -3.89. The summed E-state index contributed by atoms with van der Waals surface area (Å²) in [6.07, 6.45) is 2.51. The van der Waals surface area contributed by atoms with Crippen molar-refractivity contribution in [1.29, 1.82) is 0 Å². The molecule has 0 unspecified atom stereocenters. The molecule has 0 aromatic carbocycles. The lowest BCUT2D eigenvalue weighted by Crippen LogP contribution is -2.08. The van der Waals surface area contributed by atoms with Crippen LogP contribution in [0, 0.1) is 0 Å². The molecular weight excluding hydrogens is 448 g/mol. The van der Waals surface area contributed by atoms with Crippen LogP contribution in [-0.4, -0.2) is 41.2 Å². The second-order valence-corrected chi connectivity index (χ2v) is 13.4. The van der Waals surface area contributed by atoms with E-state index in [2.05, 4.69) is 6.26 Å². The topological polar surface area (TPSA) is 76.0 Å². The molecule has 0 aromatic rings. The molecule has 0 radical (unpaired) electrons. The molecule has 0 saturated heterocycles. The van der Waals surface area contributed by atoms with Crippen molar-refractivity contribution in [2.45, 2.75) is 6.42 Å². The highest BCUT2D eigenvalue weighted by atomic mass is 32.3. The van der Waals surface area contributed by atoms with Gasteiger partial charge in [-0.1, -0.05) is 23.5 Å². The summed E-state index contributed by atoms with van der Waals surface area (Å²) in [6, 6.07) is 0. The maximum atomic E-state index is 10.9. The van der Waals surface area contributed by atoms with Crippen LogP contribution in [0.5, 0.6) is 0 Å². The van der Waals surface area contributed by atoms with Gasteiger partial charge in [-0.25, -0.2) is 0 Å². The van der Waals surface area contributed by atoms with Gasteiger partial charge in [0.1, 0.15) is 13.2 Å². The molecular formula is C12H15O5PS6. The van der Waals surface area contributed by atoms with Crippen LogP contribution < -0.4 is 0 Å². The average molecular weight is 463 g/mol. The Morgan fingerprint density at radius 2 is 1.62 bits per heavy atom. The van der Waals surface area contributed by atoms with Crippen molar-refractivity contribution < 1.29 is 23.8 Å². The third-order valence-electron chi connectivity index (χ3n) is 2.80. The molecule has 0 bridgehead atoms. The Balaban J connectivity index is 1.57. The average Bonchev–Trinajstić information content (AvgIpc) is 3.14. The van der Waals surface area contributed by atoms with Crippen LogP contribution in [0.15, 0.2) is 27.1 Å². The second kappa shape index (κ2) is 8.84. The zero-order valence-electron chi connectivity index (χ0n) is 12.6. The van der Waals surface area contributed by atoms with Crippen LogP contribution in [0.3, 0.4) is 0 Å². The number of rotatable bonds is 6. The molecule has 0 fully saturated rings. The first kappa shape index (κ1) is 19.8. The quantitative estimate of drug-likeness (QED) is 0.412. The van der Waals surface area contributed by atoms with Gasteiger partial charge >= 0.3 is 7.60 Å². The van der Waals surface area contributed by atoms with Crippen LogP contribution in [0.25, 0.3) is 0 Å². The summed E-state index contributed by atoms with van der Waals surface area (Å²) in [6.45, 7) is 1.20. The van der Waals surface area contributed by atoms with E-state index >= 15 is 0 Å². The molecule has 3 heterocycles. The first-order valence-corrected chi connectivity index (χ1v) is 14.1. The summed E-state index contributed by atoms with van der Waals surface area (Å²) in [7, 11) is -3.89. The van der Waals surface area contributed by atoms with E-state index in [0.29, 0.717) is 25.4 Å². The molecule has 3 aliphatic rings. The molecule has 3 rings (SSSR count). The van der Waals surface area contributed by atoms with Crippen LogP contribution in [0.1, 0.15) is 6.42 Å². The number of thioether (sulfide) groups is 6. The van der Waals surface area contributed by atoms with Crippen molar-refractivity contribution in [1.82, 2.24) is 0 Å². The first-order chi connectivity index (χ1) is 11.5. The van der Waals surface area contributed by atoms with Crippen molar-refractivity contribution in [3.63, 3.8) is 0 Å². The van der Waals surface area contributed by atoms with Crippen LogP contribution in [0.4, 0.5) is 0 Å². The minimum absolute atomic E-state index is 0.0509. The molecule has 0 aromatic heterocycles. The molecule has 0 aliphatic carbocycles. The lowest BCUT2D eigenvalue weighted by atomic mass is 10.6. The van der Waals surface area contributed by atoms with Gasteiger partial charge in [0.15, 0.2) is 0 Å². The molecule has 12 heteroatoms. The van der Waals surface area contributed by atoms with E-state index in [1.165, 1.54) is 16.9 Å². The summed E-state index contributed by atoms with van der Waals surface area (Å²) in [4.78, 5) is 17.9. The summed E-state index contributed by atoms with van der Waals surface area (Å²) in [5, 5.41) is 1.73. The molecule has 3 aliphatic heterocycles. The van der Waals surface area contributed by atoms with Crippen molar-refractivity contribution in [2.75, 3.05) is 31.4 Å². The van der Waals surface area contributed by atoms with E-state index in [0.717, 1.165) is 10.2 Å². The summed E-state index contributed by atoms with van der Waals surface area (Å²) in [5.74, 6) is 0.710. The molecule has 0 atom stereocenters. The lowest BCUT2D eigenvalue weighted by Gasteiger charge is -2.13. The highest BCUT2D eigenvalue weighted by molar-refractivity contribution is 8.42. The number of hydrogen-bond donors (Lipinski definition) is 2. The molecule has 2 N–H and O–H groups in total. The standard InChI is InChI=1S/C12H15O5PS6/c1-19-9-10(20-6-2-5-18(13,14)15)24-12(23-9)11-21-7-8(22-11)17-4-3-16-7/h2-6H2,1H3,(H2,13,14,15). The van der Waals surface area contributed by atoms with Gasteiger partial charge in [-0.15, -0.1) is 23.5 Å². The Labute approximate surface area is 166 Å². The third-order valence-corrected chi connectivity index (χ3v) is 12.1. The smallest absolute Gasteiger partial charge is 0.325 e. The first-order valence-electron chi connectivity index (χ1n) is 6.87. The van der Waals surface area contributed by atoms with E-state index in [4.69, 9.17) is 19.3 Å². The normalized spacial score (nSPS) is 21.3. The van der Waals surface area contributed by atoms with Crippen molar-refractivity contribution in [3.8, 4) is 0 Å². The van der Waals surface area contributed by atoms with Gasteiger partial charge in [-0.05, 0) is 42.0 Å². The Hall–Kier alpha value is 1.07. The fraction of sp³-hybridized carbons (Fsp3) is 0.500. The van der Waals surface area contributed by atoms with E-state index in [-0.39, 0.29) is 6.16 Å². The highest BCUT2D eigenvalue weighted by Gasteiger charge is 2.33. The van der Waals surface area contributed by atoms with Gasteiger partial charge in [0.25, 0.3) is 0 Å². The largest absolute Gasteiger partial charge is 0.480 e. The Kier molecular flexibility index (Phi) is 7.30. The third kappa shape index (κ3) is 5.29. The van der Waals surface area contributed by atoms with Gasteiger partial charge in [-0.2, -0.15) is 0 Å². The lowest BCUT2D eigenvalue weighted by molar-refractivity contribution is 0.0949. The van der Waals surface area contributed by atoms with Gasteiger partial charge in [0, 0.05) is 0 Å². The Morgan fingerprint density at radius 3 is 2.21 bits per heavy atom. The summed E-state index contributed by atoms with van der Waals surface area (Å²) < 4.78 is 27.1. The van der Waals surface area contributed by atoms with E-state index in [1.807, 2.05) is 0 Å². The van der Waals surface area contributed by atoms with E-state index < -0.39 is 7.60 Å². The zero-order valence-corrected chi connectivity index (χ0v) is 18.3. The van der Waals surface area contributed by atoms with Gasteiger partial charge in [-0.3, -0.25) is 4.57 Å². The van der Waals surface area contributed by atoms with Crippen molar-refractivity contribution in [3.05, 3.63) is 27.1 Å². The monoisotopic (exact) mass is 462 g/mol. The van der Waals surface area contributed by atoms with E-state index in [1.54, 1.807) is 70.6 Å². The molecule has 5 nitrogen and oxygen atoms in total. The van der Waals surface area contributed by atoms with E-state index in [9.17, 15) is 4.57 Å². The zero-order chi connectivity index (χ0) is 17.2. The summed E-state index contributed by atoms with van der Waals surface area (Å²) in [5.41, 5.74) is 0. The number of ether oxygens (including phenoxy) is 2. The van der Waals surface area contributed by atoms with Crippen molar-refractivity contribution >= 4 is 78.2 Å². The molecule has 24 heavy (non-hydrogen) atoms. The number of hydrogen-bond acceptors (Lipinski definition) is 9. The molecule has 0 spiro atoms. The molecule has 134 valence electrons. The maximum Gasteiger partial charge on any atom is 0.325 e. The predicted molar refractivity (Wildman–Crippen MR) is 111 cm³/mol. The highest BCUT2D eigenvalue weighted by Crippen LogP contribution is 2.63. The Morgan fingerprint density at radius 1 is 1.04 bits per heavy atom. The SMILES string of the molecule is CSC1=C(SCCCP(=O)(O)O)SC(=C2SC3=C(OCCO3)S2)S1.